The van der Waals surface area contributed by atoms with E-state index in [1.807, 2.05) is 0 Å². The van der Waals surface area contributed by atoms with Gasteiger partial charge in [-0.3, -0.25) is 0 Å². The monoisotopic (exact) mass is 240 g/mol. The van der Waals surface area contributed by atoms with Crippen LogP contribution in [0, 0.1) is 11.7 Å². The molecule has 1 aliphatic heterocycles. The first-order valence-electron chi connectivity index (χ1n) is 5.30. The maximum Gasteiger partial charge on any atom is 0.347 e. The van der Waals surface area contributed by atoms with E-state index in [1.165, 1.54) is 13.2 Å². The summed E-state index contributed by atoms with van der Waals surface area (Å²) in [6.07, 6.45) is -0.557. The second kappa shape index (κ2) is 4.71. The minimum absolute atomic E-state index is 0.0765. The molecule has 0 aliphatic carbocycles. The zero-order valence-corrected chi connectivity index (χ0v) is 9.35. The highest BCUT2D eigenvalue weighted by Crippen LogP contribution is 2.33. The second-order valence-electron chi connectivity index (χ2n) is 3.94. The summed E-state index contributed by atoms with van der Waals surface area (Å²) < 4.78 is 23.4. The molecular formula is C12H13FO4. The fraction of sp³-hybridized carbons (Fsp3) is 0.417. The van der Waals surface area contributed by atoms with E-state index >= 15 is 0 Å². The molecular weight excluding hydrogens is 227 g/mol. The number of halogens is 1. The van der Waals surface area contributed by atoms with Crippen LogP contribution in [0.1, 0.15) is 5.56 Å². The second-order valence-corrected chi connectivity index (χ2v) is 3.94. The molecule has 1 aliphatic rings. The third kappa shape index (κ3) is 2.10. The van der Waals surface area contributed by atoms with Gasteiger partial charge >= 0.3 is 5.97 Å². The van der Waals surface area contributed by atoms with Crippen LogP contribution in [0.5, 0.6) is 5.75 Å². The number of aliphatic hydroxyl groups excluding tert-OH is 1. The molecule has 92 valence electrons. The fourth-order valence-corrected chi connectivity index (χ4v) is 1.98. The number of hydrogen-bond donors (Lipinski definition) is 1. The molecule has 0 aromatic heterocycles. The van der Waals surface area contributed by atoms with Crippen LogP contribution in [-0.2, 0) is 16.0 Å². The molecule has 0 fully saturated rings. The highest BCUT2D eigenvalue weighted by molar-refractivity contribution is 5.76. The number of fused-ring (bicyclic) bond motifs is 1. The summed E-state index contributed by atoms with van der Waals surface area (Å²) >= 11 is 0. The van der Waals surface area contributed by atoms with Crippen molar-refractivity contribution in [2.75, 3.05) is 13.7 Å². The van der Waals surface area contributed by atoms with Gasteiger partial charge in [-0.05, 0) is 18.1 Å². The van der Waals surface area contributed by atoms with Crippen molar-refractivity contribution >= 4 is 5.97 Å². The minimum Gasteiger partial charge on any atom is -0.475 e. The molecule has 0 spiro atoms. The predicted octanol–water partition coefficient (Wildman–Crippen LogP) is 0.911. The minimum atomic E-state index is -0.950. The highest BCUT2D eigenvalue weighted by Gasteiger charge is 2.36. The van der Waals surface area contributed by atoms with Crippen LogP contribution < -0.4 is 4.74 Å². The molecule has 2 unspecified atom stereocenters. The van der Waals surface area contributed by atoms with Gasteiger partial charge in [-0.1, -0.05) is 12.1 Å². The normalized spacial score (nSPS) is 22.5. The molecule has 0 amide bonds. The Morgan fingerprint density at radius 1 is 1.65 bits per heavy atom. The fourth-order valence-electron chi connectivity index (χ4n) is 1.98. The maximum atomic E-state index is 13.5. The molecule has 1 N–H and O–H groups in total. The molecule has 17 heavy (non-hydrogen) atoms. The molecule has 2 rings (SSSR count). The topological polar surface area (TPSA) is 55.8 Å². The van der Waals surface area contributed by atoms with E-state index in [4.69, 9.17) is 4.74 Å². The van der Waals surface area contributed by atoms with E-state index in [-0.39, 0.29) is 12.4 Å². The summed E-state index contributed by atoms with van der Waals surface area (Å²) in [5.41, 5.74) is 0.657. The lowest BCUT2D eigenvalue weighted by atomic mass is 9.91. The van der Waals surface area contributed by atoms with Crippen LogP contribution >= 0.6 is 0 Å². The van der Waals surface area contributed by atoms with Gasteiger partial charge in [-0.2, -0.15) is 0 Å². The van der Waals surface area contributed by atoms with E-state index in [1.54, 1.807) is 12.1 Å². The van der Waals surface area contributed by atoms with Crippen LogP contribution in [-0.4, -0.2) is 30.9 Å². The third-order valence-electron chi connectivity index (χ3n) is 2.87. The van der Waals surface area contributed by atoms with E-state index in [9.17, 15) is 14.3 Å². The van der Waals surface area contributed by atoms with Gasteiger partial charge in [0.1, 0.15) is 0 Å². The number of rotatable bonds is 2. The van der Waals surface area contributed by atoms with E-state index in [2.05, 4.69) is 4.74 Å². The van der Waals surface area contributed by atoms with Crippen LogP contribution in [0.3, 0.4) is 0 Å². The van der Waals surface area contributed by atoms with E-state index in [0.29, 0.717) is 12.0 Å². The van der Waals surface area contributed by atoms with Crippen LogP contribution in [0.15, 0.2) is 18.2 Å². The molecule has 0 saturated carbocycles. The van der Waals surface area contributed by atoms with Gasteiger partial charge in [0.15, 0.2) is 11.6 Å². The van der Waals surface area contributed by atoms with E-state index in [0.717, 1.165) is 0 Å². The predicted molar refractivity (Wildman–Crippen MR) is 57.1 cm³/mol. The number of carbonyl (C=O) groups is 1. The molecule has 1 aromatic rings. The first-order valence-corrected chi connectivity index (χ1v) is 5.30. The summed E-state index contributed by atoms with van der Waals surface area (Å²) in [6.45, 7) is -0.213. The molecule has 1 aromatic carbocycles. The largest absolute Gasteiger partial charge is 0.475 e. The Labute approximate surface area is 98.0 Å². The van der Waals surface area contributed by atoms with Crippen molar-refractivity contribution in [1.82, 2.24) is 0 Å². The zero-order chi connectivity index (χ0) is 12.4. The molecule has 0 radical (unpaired) electrons. The lowest BCUT2D eigenvalue weighted by molar-refractivity contribution is -0.153. The first kappa shape index (κ1) is 11.9. The Hall–Kier alpha value is -1.62. The molecule has 0 saturated heterocycles. The SMILES string of the molecule is COC(=O)C1Oc2c(F)cccc2CC1CO. The maximum absolute atomic E-state index is 13.5. The average molecular weight is 240 g/mol. The van der Waals surface area contributed by atoms with Gasteiger partial charge < -0.3 is 14.6 Å². The molecule has 5 heteroatoms. The van der Waals surface area contributed by atoms with Crippen molar-refractivity contribution in [2.45, 2.75) is 12.5 Å². The van der Waals surface area contributed by atoms with E-state index < -0.39 is 23.8 Å². The van der Waals surface area contributed by atoms with Gasteiger partial charge in [0.2, 0.25) is 6.10 Å². The average Bonchev–Trinajstić information content (AvgIpc) is 2.37. The third-order valence-corrected chi connectivity index (χ3v) is 2.87. The van der Waals surface area contributed by atoms with Crippen LogP contribution in [0.2, 0.25) is 0 Å². The van der Waals surface area contributed by atoms with Gasteiger partial charge in [0.05, 0.1) is 13.7 Å². The Bertz CT molecular complexity index is 433. The summed E-state index contributed by atoms with van der Waals surface area (Å²) in [7, 11) is 1.23. The van der Waals surface area contributed by atoms with Gasteiger partial charge in [-0.15, -0.1) is 0 Å². The summed E-state index contributed by atoms with van der Waals surface area (Å²) in [5, 5.41) is 9.22. The number of methoxy groups -OCH3 is 1. The lowest BCUT2D eigenvalue weighted by Gasteiger charge is -2.30. The van der Waals surface area contributed by atoms with Gasteiger partial charge in [0.25, 0.3) is 0 Å². The smallest absolute Gasteiger partial charge is 0.347 e. The van der Waals surface area contributed by atoms with Gasteiger partial charge in [0, 0.05) is 5.92 Å². The molecule has 0 bridgehead atoms. The molecule has 2 atom stereocenters. The van der Waals surface area contributed by atoms with Crippen molar-refractivity contribution in [2.24, 2.45) is 5.92 Å². The number of aliphatic hydroxyl groups is 1. The number of esters is 1. The standard InChI is InChI=1S/C12H13FO4/c1-16-12(15)11-8(6-14)5-7-3-2-4-9(13)10(7)17-11/h2-4,8,11,14H,5-6H2,1H3. The molecule has 1 heterocycles. The van der Waals surface area contributed by atoms with Gasteiger partial charge in [-0.25, -0.2) is 9.18 Å². The van der Waals surface area contributed by atoms with Crippen LogP contribution in [0.4, 0.5) is 4.39 Å². The van der Waals surface area contributed by atoms with Crippen LogP contribution in [0.25, 0.3) is 0 Å². The lowest BCUT2D eigenvalue weighted by Crippen LogP contribution is -2.42. The molecule has 4 nitrogen and oxygen atoms in total. The van der Waals surface area contributed by atoms with Crippen molar-refractivity contribution in [3.05, 3.63) is 29.6 Å². The number of benzene rings is 1. The Balaban J connectivity index is 2.34. The number of para-hydroxylation sites is 1. The van der Waals surface area contributed by atoms with Crippen molar-refractivity contribution < 1.29 is 23.8 Å². The highest BCUT2D eigenvalue weighted by atomic mass is 19.1. The Morgan fingerprint density at radius 3 is 3.06 bits per heavy atom. The quantitative estimate of drug-likeness (QED) is 0.781. The summed E-state index contributed by atoms with van der Waals surface area (Å²) in [6, 6.07) is 4.56. The Kier molecular flexibility index (Phi) is 3.28. The number of ether oxygens (including phenoxy) is 2. The van der Waals surface area contributed by atoms with Crippen molar-refractivity contribution in [3.63, 3.8) is 0 Å². The van der Waals surface area contributed by atoms with Crippen molar-refractivity contribution in [3.8, 4) is 5.75 Å². The summed E-state index contributed by atoms with van der Waals surface area (Å²) in [4.78, 5) is 11.5. The van der Waals surface area contributed by atoms with Crippen molar-refractivity contribution in [1.29, 1.82) is 0 Å². The first-order chi connectivity index (χ1) is 8.17. The zero-order valence-electron chi connectivity index (χ0n) is 9.35. The number of carbonyl (C=O) groups excluding carboxylic acids is 1. The Morgan fingerprint density at radius 2 is 2.41 bits per heavy atom. The number of hydrogen-bond acceptors (Lipinski definition) is 4. The summed E-state index contributed by atoms with van der Waals surface area (Å²) in [5.74, 6) is -1.44.